The molecule has 4 nitrogen and oxygen atoms in total. The first kappa shape index (κ1) is 24.7. The fourth-order valence-corrected chi connectivity index (χ4v) is 8.64. The van der Waals surface area contributed by atoms with Crippen LogP contribution in [0.25, 0.3) is 110 Å². The van der Waals surface area contributed by atoms with E-state index < -0.39 is 0 Å². The molecule has 0 aliphatic heterocycles. The largest absolute Gasteiger partial charge is 0.307 e. The van der Waals surface area contributed by atoms with Gasteiger partial charge in [0.25, 0.3) is 0 Å². The summed E-state index contributed by atoms with van der Waals surface area (Å²) in [5, 5.41) is 13.6. The Labute approximate surface area is 273 Å². The third kappa shape index (κ3) is 2.92. The number of aromatic nitrogens is 4. The van der Waals surface area contributed by atoms with E-state index in [2.05, 4.69) is 155 Å². The Morgan fingerprint density at radius 2 is 1.02 bits per heavy atom. The molecule has 0 saturated carbocycles. The van der Waals surface area contributed by atoms with E-state index in [4.69, 9.17) is 9.97 Å². The van der Waals surface area contributed by atoms with Crippen molar-refractivity contribution in [3.8, 4) is 17.2 Å². The van der Waals surface area contributed by atoms with E-state index in [0.29, 0.717) is 5.95 Å². The summed E-state index contributed by atoms with van der Waals surface area (Å²) in [5.74, 6) is 0.683. The normalized spacial score (nSPS) is 12.6. The minimum absolute atomic E-state index is 0.683. The van der Waals surface area contributed by atoms with Crippen molar-refractivity contribution in [2.75, 3.05) is 0 Å². The predicted molar refractivity (Wildman–Crippen MR) is 200 cm³/mol. The molecule has 0 fully saturated rings. The molecule has 12 rings (SSSR count). The third-order valence-corrected chi connectivity index (χ3v) is 10.6. The number of hydrogen-bond donors (Lipinski definition) is 0. The molecule has 0 aliphatic rings. The van der Waals surface area contributed by atoms with Gasteiger partial charge >= 0.3 is 0 Å². The van der Waals surface area contributed by atoms with Gasteiger partial charge in [-0.15, -0.1) is 0 Å². The van der Waals surface area contributed by atoms with Gasteiger partial charge < -0.3 is 4.40 Å². The van der Waals surface area contributed by atoms with Crippen molar-refractivity contribution in [2.24, 2.45) is 0 Å². The molecule has 8 aromatic carbocycles. The lowest BCUT2D eigenvalue weighted by Gasteiger charge is -2.12. The van der Waals surface area contributed by atoms with E-state index in [1.54, 1.807) is 0 Å². The molecule has 4 heterocycles. The fourth-order valence-electron chi connectivity index (χ4n) is 8.64. The van der Waals surface area contributed by atoms with Crippen LogP contribution in [0, 0.1) is 0 Å². The SMILES string of the molecule is c1ccc(-c2nc(-n3c4ccc5cccc6c5c4c4c5c(ccc7c8ccc9ccccc9c8n6c75)ccc43)nc3ccccc23)cc1. The first-order valence-electron chi connectivity index (χ1n) is 16.4. The highest BCUT2D eigenvalue weighted by atomic mass is 15.2. The maximum Gasteiger partial charge on any atom is 0.235 e. The Morgan fingerprint density at radius 1 is 0.375 bits per heavy atom. The summed E-state index contributed by atoms with van der Waals surface area (Å²) >= 11 is 0. The van der Waals surface area contributed by atoms with Gasteiger partial charge in [-0.1, -0.05) is 121 Å². The summed E-state index contributed by atoms with van der Waals surface area (Å²) < 4.78 is 4.85. The average Bonchev–Trinajstić information content (AvgIpc) is 3.63. The van der Waals surface area contributed by atoms with Crippen LogP contribution in [0.15, 0.2) is 146 Å². The maximum atomic E-state index is 5.36. The second-order valence-electron chi connectivity index (χ2n) is 13.0. The van der Waals surface area contributed by atoms with Crippen molar-refractivity contribution in [2.45, 2.75) is 0 Å². The Morgan fingerprint density at radius 3 is 1.88 bits per heavy atom. The van der Waals surface area contributed by atoms with E-state index >= 15 is 0 Å². The standard InChI is InChI=1S/C44H24N4/c1-2-10-28(11-3-1)41-32-14-6-7-15-33(32)45-44(46-41)47-35-23-19-26-12-8-16-34-37(26)39(35)40-36(47)24-20-27-18-22-31-30-21-17-25-9-4-5-13-29(25)42(30)48(34)43(31)38(27)40/h1-24H. The minimum Gasteiger partial charge on any atom is -0.307 e. The first-order chi connectivity index (χ1) is 23.8. The molecule has 220 valence electrons. The molecule has 12 aromatic rings. The van der Waals surface area contributed by atoms with E-state index in [-0.39, 0.29) is 0 Å². The van der Waals surface area contributed by atoms with Crippen LogP contribution in [0.5, 0.6) is 0 Å². The minimum atomic E-state index is 0.683. The lowest BCUT2D eigenvalue weighted by Crippen LogP contribution is -2.03. The number of benzene rings is 8. The molecule has 0 bridgehead atoms. The highest BCUT2D eigenvalue weighted by molar-refractivity contribution is 6.38. The van der Waals surface area contributed by atoms with Crippen LogP contribution in [0.2, 0.25) is 0 Å². The van der Waals surface area contributed by atoms with Gasteiger partial charge in [0.15, 0.2) is 0 Å². The van der Waals surface area contributed by atoms with E-state index in [1.165, 1.54) is 70.4 Å². The van der Waals surface area contributed by atoms with Crippen LogP contribution in [0.1, 0.15) is 0 Å². The quantitative estimate of drug-likeness (QED) is 0.196. The zero-order valence-electron chi connectivity index (χ0n) is 25.6. The van der Waals surface area contributed by atoms with Crippen LogP contribution in [-0.4, -0.2) is 18.9 Å². The molecule has 0 saturated heterocycles. The summed E-state index contributed by atoms with van der Waals surface area (Å²) in [5.41, 5.74) is 8.92. The molecule has 48 heavy (non-hydrogen) atoms. The van der Waals surface area contributed by atoms with Gasteiger partial charge in [0.05, 0.1) is 38.8 Å². The second-order valence-corrected chi connectivity index (χ2v) is 13.0. The van der Waals surface area contributed by atoms with Crippen LogP contribution < -0.4 is 0 Å². The van der Waals surface area contributed by atoms with Crippen molar-refractivity contribution < 1.29 is 0 Å². The van der Waals surface area contributed by atoms with Gasteiger partial charge in [0.2, 0.25) is 5.95 Å². The molecule has 0 atom stereocenters. The van der Waals surface area contributed by atoms with Gasteiger partial charge in [-0.3, -0.25) is 4.57 Å². The Balaban J connectivity index is 1.35. The highest BCUT2D eigenvalue weighted by Gasteiger charge is 2.26. The van der Waals surface area contributed by atoms with Crippen molar-refractivity contribution in [3.63, 3.8) is 0 Å². The third-order valence-electron chi connectivity index (χ3n) is 10.6. The number of nitrogens with zero attached hydrogens (tertiary/aromatic N) is 4. The maximum absolute atomic E-state index is 5.36. The first-order valence-corrected chi connectivity index (χ1v) is 16.4. The van der Waals surface area contributed by atoms with Crippen LogP contribution in [0.4, 0.5) is 0 Å². The van der Waals surface area contributed by atoms with Gasteiger partial charge in [-0.2, -0.15) is 0 Å². The Kier molecular flexibility index (Phi) is 4.44. The molecule has 0 aliphatic carbocycles. The molecule has 0 amide bonds. The number of hydrogen-bond acceptors (Lipinski definition) is 2. The van der Waals surface area contributed by atoms with E-state index in [1.807, 2.05) is 0 Å². The average molecular weight is 609 g/mol. The Bertz CT molecular complexity index is 3280. The Hall–Kier alpha value is -6.52. The smallest absolute Gasteiger partial charge is 0.235 e. The van der Waals surface area contributed by atoms with Crippen molar-refractivity contribution >= 4 is 92.3 Å². The number of para-hydroxylation sites is 1. The predicted octanol–water partition coefficient (Wildman–Crippen LogP) is 11.3. The summed E-state index contributed by atoms with van der Waals surface area (Å²) in [6, 6.07) is 52.6. The zero-order valence-corrected chi connectivity index (χ0v) is 25.6. The lowest BCUT2D eigenvalue weighted by atomic mass is 9.98. The monoisotopic (exact) mass is 608 g/mol. The summed E-state index contributed by atoms with van der Waals surface area (Å²) in [7, 11) is 0. The highest BCUT2D eigenvalue weighted by Crippen LogP contribution is 2.48. The summed E-state index contributed by atoms with van der Waals surface area (Å²) in [6.45, 7) is 0. The summed E-state index contributed by atoms with van der Waals surface area (Å²) in [6.07, 6.45) is 0. The fraction of sp³-hybridized carbons (Fsp3) is 0. The number of rotatable bonds is 2. The van der Waals surface area contributed by atoms with Crippen molar-refractivity contribution in [1.82, 2.24) is 18.9 Å². The number of fused-ring (bicyclic) bond motifs is 7. The van der Waals surface area contributed by atoms with Crippen LogP contribution in [-0.2, 0) is 0 Å². The molecule has 4 aromatic heterocycles. The van der Waals surface area contributed by atoms with Crippen LogP contribution in [0.3, 0.4) is 0 Å². The van der Waals surface area contributed by atoms with Gasteiger partial charge in [0, 0.05) is 48.7 Å². The topological polar surface area (TPSA) is 35.1 Å². The lowest BCUT2D eigenvalue weighted by molar-refractivity contribution is 1.01. The molecule has 0 N–H and O–H groups in total. The molecule has 0 radical (unpaired) electrons. The molecule has 4 heteroatoms. The van der Waals surface area contributed by atoms with E-state index in [9.17, 15) is 0 Å². The molecule has 0 unspecified atom stereocenters. The van der Waals surface area contributed by atoms with Crippen molar-refractivity contribution in [3.05, 3.63) is 146 Å². The van der Waals surface area contributed by atoms with Crippen molar-refractivity contribution in [1.29, 1.82) is 0 Å². The van der Waals surface area contributed by atoms with E-state index in [0.717, 1.165) is 33.2 Å². The molecule has 0 spiro atoms. The zero-order chi connectivity index (χ0) is 31.1. The van der Waals surface area contributed by atoms with Gasteiger partial charge in [0.1, 0.15) is 0 Å². The molecular formula is C44H24N4. The second kappa shape index (κ2) is 8.64. The van der Waals surface area contributed by atoms with Gasteiger partial charge in [-0.25, -0.2) is 9.97 Å². The van der Waals surface area contributed by atoms with Gasteiger partial charge in [-0.05, 0) is 40.4 Å². The summed E-state index contributed by atoms with van der Waals surface area (Å²) in [4.78, 5) is 10.6. The van der Waals surface area contributed by atoms with Crippen LogP contribution >= 0.6 is 0 Å². The molecular weight excluding hydrogens is 585 g/mol.